The van der Waals surface area contributed by atoms with E-state index in [1.807, 2.05) is 0 Å². The molecule has 0 bridgehead atoms. The summed E-state index contributed by atoms with van der Waals surface area (Å²) in [5.74, 6) is 3.35. The van der Waals surface area contributed by atoms with E-state index in [-0.39, 0.29) is 11.5 Å². The molecule has 0 aliphatic heterocycles. The van der Waals surface area contributed by atoms with Crippen molar-refractivity contribution in [3.8, 4) is 0 Å². The van der Waals surface area contributed by atoms with Crippen LogP contribution in [0, 0.1) is 5.41 Å². The van der Waals surface area contributed by atoms with E-state index in [0.29, 0.717) is 11.3 Å². The van der Waals surface area contributed by atoms with Gasteiger partial charge in [0.15, 0.2) is 17.4 Å². The van der Waals surface area contributed by atoms with Crippen LogP contribution in [-0.2, 0) is 0 Å². The zero-order chi connectivity index (χ0) is 14.0. The maximum Gasteiger partial charge on any atom is 0.205 e. The van der Waals surface area contributed by atoms with Gasteiger partial charge in [0.2, 0.25) is 5.76 Å². The molecule has 1 aliphatic rings. The van der Waals surface area contributed by atoms with Gasteiger partial charge in [0, 0.05) is 11.3 Å². The Balaban J connectivity index is 2.20. The molecule has 19 heavy (non-hydrogen) atoms. The first-order chi connectivity index (χ1) is 9.04. The number of nitrogens with one attached hydrogen (secondary N) is 2. The van der Waals surface area contributed by atoms with Crippen molar-refractivity contribution in [1.29, 1.82) is 5.41 Å². The second-order valence-electron chi connectivity index (χ2n) is 3.69. The molecule has 0 unspecified atom stereocenters. The fourth-order valence-electron chi connectivity index (χ4n) is 1.52. The molecule has 0 heterocycles. The summed E-state index contributed by atoms with van der Waals surface area (Å²) in [7, 11) is 0. The number of anilines is 1. The number of aliphatic hydroxyl groups excluding tert-OH is 3. The minimum absolute atomic E-state index is 0.0154. The van der Waals surface area contributed by atoms with Gasteiger partial charge in [-0.1, -0.05) is 17.4 Å². The Hall–Kier alpha value is -3.03. The highest BCUT2D eigenvalue weighted by Crippen LogP contribution is 2.30. The van der Waals surface area contributed by atoms with Crippen molar-refractivity contribution in [3.63, 3.8) is 0 Å². The minimum Gasteiger partial charge on any atom is -0.503 e. The molecule has 0 radical (unpaired) electrons. The summed E-state index contributed by atoms with van der Waals surface area (Å²) in [4.78, 5) is 0. The summed E-state index contributed by atoms with van der Waals surface area (Å²) in [6.07, 6.45) is 0. The van der Waals surface area contributed by atoms with Crippen molar-refractivity contribution in [2.24, 2.45) is 16.2 Å². The van der Waals surface area contributed by atoms with Gasteiger partial charge in [-0.3, -0.25) is 5.41 Å². The Kier molecular flexibility index (Phi) is 3.06. The molecule has 1 aliphatic carbocycles. The van der Waals surface area contributed by atoms with E-state index in [1.54, 1.807) is 24.3 Å². The predicted octanol–water partition coefficient (Wildman–Crippen LogP) is 1.86. The molecule has 8 heteroatoms. The lowest BCUT2D eigenvalue weighted by atomic mass is 10.1. The lowest BCUT2D eigenvalue weighted by molar-refractivity contribution is 0.257. The number of amidine groups is 1. The number of hydrogen-bond acceptors (Lipinski definition) is 6. The standard InChI is InChI=1S/C11H11N5O3/c12-11(15-16-13)5-2-1-3-6(4-5)14-7-8(17)10(19)9(7)18/h1-4,14,17-19H,(H3,12,13,15). The van der Waals surface area contributed by atoms with Gasteiger partial charge < -0.3 is 26.5 Å². The number of hydrogen-bond donors (Lipinski definition) is 6. The van der Waals surface area contributed by atoms with Crippen molar-refractivity contribution in [2.75, 3.05) is 5.32 Å². The molecule has 8 nitrogen and oxygen atoms in total. The summed E-state index contributed by atoms with van der Waals surface area (Å²) in [5, 5.41) is 44.4. The van der Waals surface area contributed by atoms with Crippen LogP contribution < -0.4 is 11.2 Å². The molecule has 7 N–H and O–H groups in total. The van der Waals surface area contributed by atoms with Crippen LogP contribution in [-0.4, -0.2) is 21.2 Å². The van der Waals surface area contributed by atoms with E-state index in [9.17, 15) is 10.2 Å². The molecule has 0 aromatic heterocycles. The topological polar surface area (TPSA) is 147 Å². The van der Waals surface area contributed by atoms with Crippen LogP contribution in [0.5, 0.6) is 0 Å². The van der Waals surface area contributed by atoms with E-state index in [0.717, 1.165) is 0 Å². The largest absolute Gasteiger partial charge is 0.503 e. The normalized spacial score (nSPS) is 14.7. The number of rotatable bonds is 3. The highest BCUT2D eigenvalue weighted by molar-refractivity contribution is 5.97. The van der Waals surface area contributed by atoms with Crippen LogP contribution >= 0.6 is 0 Å². The Morgan fingerprint density at radius 1 is 1.16 bits per heavy atom. The smallest absolute Gasteiger partial charge is 0.205 e. The van der Waals surface area contributed by atoms with E-state index in [4.69, 9.17) is 16.4 Å². The van der Waals surface area contributed by atoms with Crippen LogP contribution in [0.1, 0.15) is 5.56 Å². The zero-order valence-corrected chi connectivity index (χ0v) is 9.62. The molecule has 2 rings (SSSR count). The van der Waals surface area contributed by atoms with Crippen molar-refractivity contribution in [2.45, 2.75) is 0 Å². The van der Waals surface area contributed by atoms with Gasteiger partial charge >= 0.3 is 0 Å². The molecule has 0 saturated carbocycles. The number of benzene rings is 1. The first-order valence-electron chi connectivity index (χ1n) is 5.17. The summed E-state index contributed by atoms with van der Waals surface area (Å²) >= 11 is 0. The number of aliphatic hydroxyl groups is 3. The number of nitrogens with two attached hydrogens (primary N) is 1. The van der Waals surface area contributed by atoms with Crippen LogP contribution in [0.3, 0.4) is 0 Å². The molecule has 98 valence electrons. The first kappa shape index (κ1) is 12.4. The lowest BCUT2D eigenvalue weighted by Gasteiger charge is -2.20. The van der Waals surface area contributed by atoms with Gasteiger partial charge in [0.1, 0.15) is 5.70 Å². The third kappa shape index (κ3) is 2.18. The van der Waals surface area contributed by atoms with Crippen LogP contribution in [0.2, 0.25) is 0 Å². The quantitative estimate of drug-likeness (QED) is 0.161. The molecule has 0 amide bonds. The van der Waals surface area contributed by atoms with Crippen LogP contribution in [0.25, 0.3) is 0 Å². The van der Waals surface area contributed by atoms with Gasteiger partial charge in [-0.15, -0.1) is 5.11 Å². The third-order valence-electron chi connectivity index (χ3n) is 2.49. The fourth-order valence-corrected chi connectivity index (χ4v) is 1.52. The zero-order valence-electron chi connectivity index (χ0n) is 9.62. The van der Waals surface area contributed by atoms with Crippen LogP contribution in [0.4, 0.5) is 5.69 Å². The summed E-state index contributed by atoms with van der Waals surface area (Å²) in [6, 6.07) is 6.48. The monoisotopic (exact) mass is 261 g/mol. The minimum atomic E-state index is -0.552. The van der Waals surface area contributed by atoms with Gasteiger partial charge in [0.25, 0.3) is 0 Å². The van der Waals surface area contributed by atoms with E-state index < -0.39 is 17.3 Å². The van der Waals surface area contributed by atoms with E-state index in [2.05, 4.69) is 15.7 Å². The molecule has 1 aromatic carbocycles. The van der Waals surface area contributed by atoms with Crippen LogP contribution in [0.15, 0.2) is 57.6 Å². The SMILES string of the molecule is N=C(N=NN)c1cccc(NC2=C(O)C(O)=C2O)c1. The maximum absolute atomic E-state index is 9.33. The van der Waals surface area contributed by atoms with Crippen molar-refractivity contribution in [1.82, 2.24) is 0 Å². The molecule has 1 aromatic rings. The summed E-state index contributed by atoms with van der Waals surface area (Å²) in [5.41, 5.74) is 0.961. The Morgan fingerprint density at radius 3 is 2.53 bits per heavy atom. The first-order valence-corrected chi connectivity index (χ1v) is 5.17. The Labute approximate surface area is 107 Å². The highest BCUT2D eigenvalue weighted by Gasteiger charge is 2.29. The molecule has 0 atom stereocenters. The second-order valence-corrected chi connectivity index (χ2v) is 3.69. The van der Waals surface area contributed by atoms with Gasteiger partial charge in [-0.05, 0) is 12.1 Å². The number of nitrogens with zero attached hydrogens (tertiary/aromatic N) is 2. The third-order valence-corrected chi connectivity index (χ3v) is 2.49. The Bertz CT molecular complexity index is 633. The van der Waals surface area contributed by atoms with E-state index in [1.165, 1.54) is 0 Å². The summed E-state index contributed by atoms with van der Waals surface area (Å²) < 4.78 is 0. The van der Waals surface area contributed by atoms with E-state index >= 15 is 0 Å². The second kappa shape index (κ2) is 4.69. The molecule has 0 spiro atoms. The average molecular weight is 261 g/mol. The molecule has 0 saturated heterocycles. The fraction of sp³-hybridized carbons (Fsp3) is 0. The lowest BCUT2D eigenvalue weighted by Crippen LogP contribution is -2.18. The summed E-state index contributed by atoms with van der Waals surface area (Å²) in [6.45, 7) is 0. The van der Waals surface area contributed by atoms with Gasteiger partial charge in [0.05, 0.1) is 0 Å². The van der Waals surface area contributed by atoms with Crippen molar-refractivity contribution in [3.05, 3.63) is 52.8 Å². The van der Waals surface area contributed by atoms with Gasteiger partial charge in [-0.2, -0.15) is 0 Å². The van der Waals surface area contributed by atoms with Gasteiger partial charge in [-0.25, -0.2) is 0 Å². The molecule has 0 fully saturated rings. The van der Waals surface area contributed by atoms with Crippen molar-refractivity contribution >= 4 is 11.5 Å². The maximum atomic E-state index is 9.33. The molecular formula is C11H11N5O3. The highest BCUT2D eigenvalue weighted by atomic mass is 16.3. The average Bonchev–Trinajstić information content (AvgIpc) is 2.44. The Morgan fingerprint density at radius 2 is 1.89 bits per heavy atom. The van der Waals surface area contributed by atoms with Crippen molar-refractivity contribution < 1.29 is 15.3 Å². The molecular weight excluding hydrogens is 250 g/mol. The predicted molar refractivity (Wildman–Crippen MR) is 67.9 cm³/mol.